The predicted molar refractivity (Wildman–Crippen MR) is 115 cm³/mol. The number of alkyl halides is 3. The number of hydrogen-bond donors (Lipinski definition) is 2. The van der Waals surface area contributed by atoms with Crippen LogP contribution < -0.4 is 0 Å². The molecule has 1 spiro atoms. The first-order chi connectivity index (χ1) is 15.4. The minimum absolute atomic E-state index is 0.191. The summed E-state index contributed by atoms with van der Waals surface area (Å²) in [4.78, 5) is 29.1. The van der Waals surface area contributed by atoms with Crippen molar-refractivity contribution < 1.29 is 37.3 Å². The van der Waals surface area contributed by atoms with E-state index in [1.165, 1.54) is 0 Å². The van der Waals surface area contributed by atoms with Crippen LogP contribution in [0.25, 0.3) is 0 Å². The highest BCUT2D eigenvalue weighted by atomic mass is 19.4. The molecule has 3 rings (SSSR count). The second kappa shape index (κ2) is 11.8. The summed E-state index contributed by atoms with van der Waals surface area (Å²) in [6.07, 6.45) is 0.305. The van der Waals surface area contributed by atoms with Gasteiger partial charge in [0, 0.05) is 37.4 Å². The highest BCUT2D eigenvalue weighted by molar-refractivity contribution is 5.76. The van der Waals surface area contributed by atoms with E-state index in [1.54, 1.807) is 0 Å². The van der Waals surface area contributed by atoms with Gasteiger partial charge in [-0.25, -0.2) is 4.79 Å². The number of aromatic amines is 1. The van der Waals surface area contributed by atoms with Gasteiger partial charge in [0.15, 0.2) is 0 Å². The molecule has 2 aliphatic heterocycles. The number of nitrogens with zero attached hydrogens (tertiary/aromatic N) is 2. The van der Waals surface area contributed by atoms with E-state index in [0.29, 0.717) is 38.8 Å². The van der Waals surface area contributed by atoms with Crippen molar-refractivity contribution in [2.45, 2.75) is 63.5 Å². The zero-order chi connectivity index (χ0) is 24.6. The largest absolute Gasteiger partial charge is 0.490 e. The van der Waals surface area contributed by atoms with Crippen molar-refractivity contribution in [3.63, 3.8) is 0 Å². The van der Waals surface area contributed by atoms with Crippen LogP contribution in [0.3, 0.4) is 0 Å². The number of H-pyrrole nitrogens is 1. The average molecular weight is 478 g/mol. The van der Waals surface area contributed by atoms with E-state index in [9.17, 15) is 18.0 Å². The maximum absolute atomic E-state index is 12.7. The Hall–Kier alpha value is -2.11. The number of likely N-dealkylation sites (N-methyl/N-ethyl adjacent to an activating group) is 1. The Bertz CT molecular complexity index is 757. The van der Waals surface area contributed by atoms with Gasteiger partial charge >= 0.3 is 12.1 Å². The summed E-state index contributed by atoms with van der Waals surface area (Å²) in [6, 6.07) is 4.50. The van der Waals surface area contributed by atoms with E-state index in [2.05, 4.69) is 30.8 Å². The van der Waals surface area contributed by atoms with Gasteiger partial charge in [0.25, 0.3) is 0 Å². The molecule has 2 N–H and O–H groups in total. The standard InChI is InChI=1S/C20H33N3O3.C2HF3O2/c1-16(2)22(3)13-18-8-9-20(26-18)14-23(11-12-25-15-20)19(24)7-6-17-5-4-10-21-17;3-2(4,5)1(6)7/h4-5,10,16,18,21H,6-9,11-15H2,1-3H3;(H,6,7). The van der Waals surface area contributed by atoms with Crippen LogP contribution in [0, 0.1) is 0 Å². The van der Waals surface area contributed by atoms with Crippen molar-refractivity contribution in [2.75, 3.05) is 39.9 Å². The van der Waals surface area contributed by atoms with Crippen molar-refractivity contribution in [2.24, 2.45) is 0 Å². The quantitative estimate of drug-likeness (QED) is 0.654. The van der Waals surface area contributed by atoms with Crippen LogP contribution in [-0.4, -0.2) is 95.6 Å². The molecule has 0 bridgehead atoms. The molecule has 1 aromatic rings. The van der Waals surface area contributed by atoms with E-state index in [1.807, 2.05) is 23.2 Å². The Labute approximate surface area is 192 Å². The summed E-state index contributed by atoms with van der Waals surface area (Å²) in [5.74, 6) is -2.57. The van der Waals surface area contributed by atoms with Gasteiger partial charge in [0.05, 0.1) is 25.9 Å². The molecule has 188 valence electrons. The van der Waals surface area contributed by atoms with Crippen LogP contribution >= 0.6 is 0 Å². The number of carbonyl (C=O) groups is 2. The van der Waals surface area contributed by atoms with Crippen LogP contribution in [0.1, 0.15) is 38.8 Å². The van der Waals surface area contributed by atoms with Gasteiger partial charge in [-0.15, -0.1) is 0 Å². The lowest BCUT2D eigenvalue weighted by molar-refractivity contribution is -0.192. The fraction of sp³-hybridized carbons (Fsp3) is 0.727. The monoisotopic (exact) mass is 477 g/mol. The Kier molecular flexibility index (Phi) is 9.74. The summed E-state index contributed by atoms with van der Waals surface area (Å²) in [5, 5.41) is 7.12. The van der Waals surface area contributed by atoms with E-state index in [0.717, 1.165) is 31.5 Å². The number of halogens is 3. The van der Waals surface area contributed by atoms with E-state index < -0.39 is 12.1 Å². The number of rotatable bonds is 6. The third-order valence-electron chi connectivity index (χ3n) is 5.93. The van der Waals surface area contributed by atoms with Gasteiger partial charge in [-0.05, 0) is 52.3 Å². The highest BCUT2D eigenvalue weighted by Gasteiger charge is 2.44. The van der Waals surface area contributed by atoms with Crippen molar-refractivity contribution in [1.29, 1.82) is 0 Å². The molecule has 8 nitrogen and oxygen atoms in total. The number of aryl methyl sites for hydroxylation is 1. The van der Waals surface area contributed by atoms with Gasteiger partial charge in [-0.1, -0.05) is 0 Å². The maximum Gasteiger partial charge on any atom is 0.490 e. The molecule has 2 saturated heterocycles. The van der Waals surface area contributed by atoms with Gasteiger partial charge in [0.1, 0.15) is 5.60 Å². The Balaban J connectivity index is 0.000000479. The summed E-state index contributed by atoms with van der Waals surface area (Å²) in [5.41, 5.74) is 0.772. The SMILES string of the molecule is CC(C)N(C)CC1CCC2(COCCN(C(=O)CCc3ccc[nH]3)C2)O1.O=C(O)C(F)(F)F. The highest BCUT2D eigenvalue weighted by Crippen LogP contribution is 2.33. The lowest BCUT2D eigenvalue weighted by Gasteiger charge is -2.33. The third kappa shape index (κ3) is 8.63. The molecule has 0 aromatic carbocycles. The number of carbonyl (C=O) groups excluding carboxylic acids is 1. The number of amides is 1. The smallest absolute Gasteiger partial charge is 0.475 e. The topological polar surface area (TPSA) is 95.1 Å². The number of carboxylic acids is 1. The molecular weight excluding hydrogens is 443 g/mol. The van der Waals surface area contributed by atoms with Crippen molar-refractivity contribution in [1.82, 2.24) is 14.8 Å². The van der Waals surface area contributed by atoms with Crippen molar-refractivity contribution in [3.05, 3.63) is 24.0 Å². The molecule has 3 heterocycles. The fourth-order valence-corrected chi connectivity index (χ4v) is 3.82. The first-order valence-electron chi connectivity index (χ1n) is 11.1. The Morgan fingerprint density at radius 3 is 2.67 bits per heavy atom. The first-order valence-corrected chi connectivity index (χ1v) is 11.1. The molecule has 0 aliphatic carbocycles. The molecule has 2 aliphatic rings. The molecule has 2 fully saturated rings. The number of nitrogens with one attached hydrogen (secondary N) is 1. The predicted octanol–water partition coefficient (Wildman–Crippen LogP) is 2.70. The Morgan fingerprint density at radius 1 is 1.39 bits per heavy atom. The fourth-order valence-electron chi connectivity index (χ4n) is 3.82. The molecule has 11 heteroatoms. The number of hydrogen-bond acceptors (Lipinski definition) is 5. The second-order valence-corrected chi connectivity index (χ2v) is 8.86. The number of aliphatic carboxylic acids is 1. The van der Waals surface area contributed by atoms with E-state index in [-0.39, 0.29) is 17.6 Å². The van der Waals surface area contributed by atoms with Crippen LogP contribution in [0.4, 0.5) is 13.2 Å². The minimum atomic E-state index is -5.08. The van der Waals surface area contributed by atoms with Crippen LogP contribution in [0.5, 0.6) is 0 Å². The first kappa shape index (κ1) is 27.1. The lowest BCUT2D eigenvalue weighted by atomic mass is 9.99. The number of carboxylic acid groups (broad SMARTS) is 1. The molecule has 2 atom stereocenters. The molecule has 0 saturated carbocycles. The zero-order valence-electron chi connectivity index (χ0n) is 19.4. The van der Waals surface area contributed by atoms with Gasteiger partial charge in [0.2, 0.25) is 5.91 Å². The summed E-state index contributed by atoms with van der Waals surface area (Å²) in [7, 11) is 2.14. The van der Waals surface area contributed by atoms with E-state index >= 15 is 0 Å². The minimum Gasteiger partial charge on any atom is -0.475 e. The Morgan fingerprint density at radius 2 is 2.09 bits per heavy atom. The summed E-state index contributed by atoms with van der Waals surface area (Å²) < 4.78 is 44.0. The average Bonchev–Trinajstić information content (AvgIpc) is 3.33. The summed E-state index contributed by atoms with van der Waals surface area (Å²) in [6.45, 7) is 7.82. The lowest BCUT2D eigenvalue weighted by Crippen LogP contribution is -2.47. The third-order valence-corrected chi connectivity index (χ3v) is 5.93. The zero-order valence-corrected chi connectivity index (χ0v) is 19.4. The van der Waals surface area contributed by atoms with Gasteiger partial charge < -0.3 is 29.4 Å². The summed E-state index contributed by atoms with van der Waals surface area (Å²) >= 11 is 0. The van der Waals surface area contributed by atoms with Crippen LogP contribution in [0.15, 0.2) is 18.3 Å². The molecule has 1 amide bonds. The van der Waals surface area contributed by atoms with Crippen molar-refractivity contribution >= 4 is 11.9 Å². The van der Waals surface area contributed by atoms with Crippen LogP contribution in [-0.2, 0) is 25.5 Å². The second-order valence-electron chi connectivity index (χ2n) is 8.86. The molecule has 2 unspecified atom stereocenters. The molecular formula is C22H34F3N3O5. The maximum atomic E-state index is 12.7. The normalized spacial score (nSPS) is 23.5. The van der Waals surface area contributed by atoms with Gasteiger partial charge in [-0.3, -0.25) is 4.79 Å². The van der Waals surface area contributed by atoms with Gasteiger partial charge in [-0.2, -0.15) is 13.2 Å². The van der Waals surface area contributed by atoms with Crippen molar-refractivity contribution in [3.8, 4) is 0 Å². The molecule has 1 aromatic heterocycles. The van der Waals surface area contributed by atoms with Crippen LogP contribution in [0.2, 0.25) is 0 Å². The molecule has 33 heavy (non-hydrogen) atoms. The van der Waals surface area contributed by atoms with E-state index in [4.69, 9.17) is 19.4 Å². The molecule has 0 radical (unpaired) electrons. The number of ether oxygens (including phenoxy) is 2. The number of aromatic nitrogens is 1.